The highest BCUT2D eigenvalue weighted by atomic mass is 16.6. The number of hydrogen-bond acceptors (Lipinski definition) is 9. The number of hydrogen-bond donors (Lipinski definition) is 3. The van der Waals surface area contributed by atoms with Crippen LogP contribution in [-0.4, -0.2) is 84.8 Å². The molecule has 1 spiro atoms. The fourth-order valence-electron chi connectivity index (χ4n) is 5.81. The largest absolute Gasteiger partial charge is 0.451 e. The number of hydrazine groups is 1. The van der Waals surface area contributed by atoms with Gasteiger partial charge in [-0.15, -0.1) is 0 Å². The van der Waals surface area contributed by atoms with E-state index in [1.165, 1.54) is 5.01 Å². The zero-order valence-electron chi connectivity index (χ0n) is 25.0. The average Bonchev–Trinajstić information content (AvgIpc) is 3.89. The van der Waals surface area contributed by atoms with E-state index in [0.717, 1.165) is 29.3 Å². The maximum atomic E-state index is 13.9. The average molecular weight is 606 g/mol. The molecule has 0 radical (unpaired) electrons. The van der Waals surface area contributed by atoms with Gasteiger partial charge in [0.15, 0.2) is 6.10 Å². The Kier molecular flexibility index (Phi) is 8.66. The molecule has 4 heterocycles. The molecule has 12 heteroatoms. The number of amides is 3. The summed E-state index contributed by atoms with van der Waals surface area (Å²) < 4.78 is 17.4. The smallest absolute Gasteiger partial charge is 0.321 e. The number of nitrogens with zero attached hydrogens (tertiary/aromatic N) is 2. The molecular weight excluding hydrogens is 566 g/mol. The molecule has 1 saturated carbocycles. The molecule has 1 aromatic heterocycles. The summed E-state index contributed by atoms with van der Waals surface area (Å²) in [5.74, 6) is -1.91. The van der Waals surface area contributed by atoms with Gasteiger partial charge in [-0.3, -0.25) is 29.2 Å². The third-order valence-electron chi connectivity index (χ3n) is 8.67. The van der Waals surface area contributed by atoms with Gasteiger partial charge in [0.25, 0.3) is 11.8 Å². The summed E-state index contributed by atoms with van der Waals surface area (Å²) >= 11 is 0. The molecule has 5 bridgehead atoms. The Bertz CT molecular complexity index is 1470. The second-order valence-corrected chi connectivity index (χ2v) is 12.2. The molecule has 2 aromatic rings. The lowest BCUT2D eigenvalue weighted by Gasteiger charge is -2.35. The van der Waals surface area contributed by atoms with E-state index in [9.17, 15) is 19.2 Å². The van der Waals surface area contributed by atoms with Gasteiger partial charge in [0.2, 0.25) is 5.91 Å². The van der Waals surface area contributed by atoms with Crippen LogP contribution < -0.4 is 16.1 Å². The van der Waals surface area contributed by atoms with Crippen LogP contribution in [-0.2, 0) is 33.4 Å². The zero-order chi connectivity index (χ0) is 30.8. The van der Waals surface area contributed by atoms with Crippen molar-refractivity contribution in [3.63, 3.8) is 0 Å². The van der Waals surface area contributed by atoms with Crippen LogP contribution in [0.2, 0.25) is 0 Å². The summed E-state index contributed by atoms with van der Waals surface area (Å²) in [6.45, 7) is 4.57. The third-order valence-corrected chi connectivity index (χ3v) is 8.67. The number of fused-ring (bicyclic) bond motifs is 4. The van der Waals surface area contributed by atoms with Crippen LogP contribution in [0.15, 0.2) is 36.4 Å². The van der Waals surface area contributed by atoms with Gasteiger partial charge in [0.1, 0.15) is 17.5 Å². The Morgan fingerprint density at radius 1 is 0.909 bits per heavy atom. The van der Waals surface area contributed by atoms with E-state index in [4.69, 9.17) is 19.2 Å². The first-order valence-electron chi connectivity index (χ1n) is 15.4. The number of pyridine rings is 1. The van der Waals surface area contributed by atoms with Crippen LogP contribution in [0.5, 0.6) is 0 Å². The minimum atomic E-state index is -1.28. The minimum absolute atomic E-state index is 0.0330. The van der Waals surface area contributed by atoms with Gasteiger partial charge in [0, 0.05) is 17.8 Å². The molecular formula is C32H39N5O7. The lowest BCUT2D eigenvalue weighted by molar-refractivity contribution is -0.169. The number of aromatic nitrogens is 1. The first-order chi connectivity index (χ1) is 21.2. The second-order valence-electron chi connectivity index (χ2n) is 12.2. The summed E-state index contributed by atoms with van der Waals surface area (Å²) in [6.07, 6.45) is 5.12. The highest BCUT2D eigenvalue weighted by Crippen LogP contribution is 2.37. The van der Waals surface area contributed by atoms with Crippen molar-refractivity contribution in [1.29, 1.82) is 0 Å². The Morgan fingerprint density at radius 2 is 1.64 bits per heavy atom. The van der Waals surface area contributed by atoms with Crippen LogP contribution in [0.4, 0.5) is 0 Å². The van der Waals surface area contributed by atoms with Crippen molar-refractivity contribution < 1.29 is 33.4 Å². The van der Waals surface area contributed by atoms with Crippen molar-refractivity contribution in [3.8, 4) is 0 Å². The number of rotatable bonds is 1. The molecule has 44 heavy (non-hydrogen) atoms. The Morgan fingerprint density at radius 3 is 2.39 bits per heavy atom. The summed E-state index contributed by atoms with van der Waals surface area (Å²) in [5, 5.41) is 8.09. The van der Waals surface area contributed by atoms with Gasteiger partial charge in [-0.1, -0.05) is 30.4 Å². The molecule has 234 valence electrons. The fraction of sp³-hybridized carbons (Fsp3) is 0.531. The number of benzene rings is 1. The number of ether oxygens (including phenoxy) is 3. The van der Waals surface area contributed by atoms with Gasteiger partial charge in [-0.25, -0.2) is 5.43 Å². The van der Waals surface area contributed by atoms with Gasteiger partial charge in [-0.05, 0) is 57.2 Å². The second kappa shape index (κ2) is 12.6. The third kappa shape index (κ3) is 6.47. The molecule has 3 fully saturated rings. The SMILES string of the molecule is C[C@@H]1NC(=O)[C@H](C2CC2)OC(=O)C2(/C=C/c3ccc4ccc(nc4c3)[C@@H](C)NC(=O)C3CCCN(N3)C1=O)COCCOC2. The molecule has 4 atom stereocenters. The van der Waals surface area contributed by atoms with Gasteiger partial charge < -0.3 is 24.8 Å². The molecule has 1 aromatic carbocycles. The van der Waals surface area contributed by atoms with Crippen molar-refractivity contribution in [2.75, 3.05) is 33.0 Å². The van der Waals surface area contributed by atoms with Crippen LogP contribution in [0.1, 0.15) is 56.8 Å². The van der Waals surface area contributed by atoms with E-state index < -0.39 is 35.5 Å². The highest BCUT2D eigenvalue weighted by molar-refractivity contribution is 5.92. The lowest BCUT2D eigenvalue weighted by Crippen LogP contribution is -2.61. The Labute approximate surface area is 255 Å². The predicted octanol–water partition coefficient (Wildman–Crippen LogP) is 1.79. The van der Waals surface area contributed by atoms with Crippen molar-refractivity contribution in [2.24, 2.45) is 11.3 Å². The summed E-state index contributed by atoms with van der Waals surface area (Å²) in [4.78, 5) is 58.7. The molecule has 2 saturated heterocycles. The van der Waals surface area contributed by atoms with Crippen LogP contribution in [0.25, 0.3) is 17.0 Å². The maximum Gasteiger partial charge on any atom is 0.321 e. The highest BCUT2D eigenvalue weighted by Gasteiger charge is 2.46. The quantitative estimate of drug-likeness (QED) is 0.414. The number of cyclic esters (lactones) is 1. The van der Waals surface area contributed by atoms with Crippen molar-refractivity contribution in [1.82, 2.24) is 26.1 Å². The molecule has 3 N–H and O–H groups in total. The molecule has 6 rings (SSSR count). The van der Waals surface area contributed by atoms with Crippen molar-refractivity contribution in [2.45, 2.75) is 63.8 Å². The lowest BCUT2D eigenvalue weighted by atomic mass is 9.88. The number of carbonyl (C=O) groups is 4. The fourth-order valence-corrected chi connectivity index (χ4v) is 5.81. The molecule has 4 aliphatic rings. The maximum absolute atomic E-state index is 13.9. The summed E-state index contributed by atoms with van der Waals surface area (Å²) in [5.41, 5.74) is 3.98. The van der Waals surface area contributed by atoms with Crippen LogP contribution >= 0.6 is 0 Å². The van der Waals surface area contributed by atoms with Crippen molar-refractivity contribution in [3.05, 3.63) is 47.7 Å². The van der Waals surface area contributed by atoms with E-state index in [1.54, 1.807) is 13.0 Å². The first kappa shape index (κ1) is 30.2. The van der Waals surface area contributed by atoms with Gasteiger partial charge in [0.05, 0.1) is 43.7 Å². The number of carbonyl (C=O) groups excluding carboxylic acids is 4. The van der Waals surface area contributed by atoms with E-state index >= 15 is 0 Å². The monoisotopic (exact) mass is 605 g/mol. The van der Waals surface area contributed by atoms with E-state index in [0.29, 0.717) is 38.3 Å². The van der Waals surface area contributed by atoms with Gasteiger partial charge >= 0.3 is 5.97 Å². The van der Waals surface area contributed by atoms with E-state index in [2.05, 4.69) is 16.1 Å². The van der Waals surface area contributed by atoms with E-state index in [-0.39, 0.29) is 37.0 Å². The summed E-state index contributed by atoms with van der Waals surface area (Å²) in [7, 11) is 0. The normalized spacial score (nSPS) is 29.5. The Balaban J connectivity index is 1.37. The molecule has 3 aliphatic heterocycles. The molecule has 1 unspecified atom stereocenters. The topological polar surface area (TPSA) is 148 Å². The van der Waals surface area contributed by atoms with Crippen LogP contribution in [0, 0.1) is 11.3 Å². The predicted molar refractivity (Wildman–Crippen MR) is 159 cm³/mol. The minimum Gasteiger partial charge on any atom is -0.451 e. The summed E-state index contributed by atoms with van der Waals surface area (Å²) in [6, 6.07) is 7.71. The Hall–Kier alpha value is -3.87. The first-order valence-corrected chi connectivity index (χ1v) is 15.4. The number of esters is 1. The molecule has 12 nitrogen and oxygen atoms in total. The zero-order valence-corrected chi connectivity index (χ0v) is 25.0. The van der Waals surface area contributed by atoms with Gasteiger partial charge in [-0.2, -0.15) is 0 Å². The standard InChI is InChI=1S/C32H39N5O7/c1-19-24-10-9-22-6-5-21(16-26(22)35-24)11-12-32(17-42-14-15-43-18-32)31(41)44-27(23-7-8-23)29(39)34-20(2)30(40)37-13-3-4-25(36-37)28(38)33-19/h5-6,9-12,16,19-20,23,25,27,36H,3-4,7-8,13-15,17-18H2,1-2H3,(H,33,38)(H,34,39)/b12-11+/t19-,20+,25?,27+/m1/s1. The van der Waals surface area contributed by atoms with Crippen LogP contribution in [0.3, 0.4) is 0 Å². The molecule has 1 aliphatic carbocycles. The molecule has 3 amide bonds. The van der Waals surface area contributed by atoms with E-state index in [1.807, 2.05) is 43.3 Å². The number of nitrogens with one attached hydrogen (secondary N) is 3. The van der Waals surface area contributed by atoms with Crippen molar-refractivity contribution >= 4 is 40.7 Å².